The van der Waals surface area contributed by atoms with Gasteiger partial charge in [-0.05, 0) is 43.2 Å². The van der Waals surface area contributed by atoms with Crippen molar-refractivity contribution in [2.45, 2.75) is 19.9 Å². The average Bonchev–Trinajstić information content (AvgIpc) is 2.38. The number of aryl methyl sites for hydroxylation is 1. The number of rotatable bonds is 3. The highest BCUT2D eigenvalue weighted by Crippen LogP contribution is 2.29. The highest BCUT2D eigenvalue weighted by atomic mass is 19.1. The van der Waals surface area contributed by atoms with Crippen LogP contribution in [0.25, 0.3) is 0 Å². The Hall–Kier alpha value is -2.30. The van der Waals surface area contributed by atoms with E-state index in [0.29, 0.717) is 11.1 Å². The van der Waals surface area contributed by atoms with Crippen molar-refractivity contribution in [3.05, 3.63) is 53.1 Å². The number of anilines is 1. The van der Waals surface area contributed by atoms with E-state index in [4.69, 9.17) is 0 Å². The zero-order valence-corrected chi connectivity index (χ0v) is 11.1. The number of aromatic hydroxyl groups is 2. The van der Waals surface area contributed by atoms with Gasteiger partial charge >= 0.3 is 0 Å². The van der Waals surface area contributed by atoms with Crippen LogP contribution in [0, 0.1) is 18.6 Å². The summed E-state index contributed by atoms with van der Waals surface area (Å²) in [5.74, 6) is -1.57. The predicted octanol–water partition coefficient (Wildman–Crippen LogP) is 3.86. The van der Waals surface area contributed by atoms with E-state index in [-0.39, 0.29) is 17.2 Å². The molecule has 0 spiro atoms. The molecule has 0 aliphatic carbocycles. The van der Waals surface area contributed by atoms with Gasteiger partial charge in [0.2, 0.25) is 0 Å². The smallest absolute Gasteiger partial charge is 0.152 e. The zero-order chi connectivity index (χ0) is 14.9. The van der Waals surface area contributed by atoms with Gasteiger partial charge in [0.15, 0.2) is 5.82 Å². The second kappa shape index (κ2) is 5.36. The van der Waals surface area contributed by atoms with Gasteiger partial charge in [-0.25, -0.2) is 8.78 Å². The molecule has 0 bridgehead atoms. The minimum Gasteiger partial charge on any atom is -0.508 e. The monoisotopic (exact) mass is 279 g/mol. The molecular formula is C15H15F2NO2. The molecule has 2 rings (SSSR count). The molecule has 3 nitrogen and oxygen atoms in total. The fourth-order valence-electron chi connectivity index (χ4n) is 1.96. The maximum Gasteiger partial charge on any atom is 0.152 e. The summed E-state index contributed by atoms with van der Waals surface area (Å²) < 4.78 is 27.6. The third-order valence-corrected chi connectivity index (χ3v) is 3.07. The molecule has 2 aromatic rings. The summed E-state index contributed by atoms with van der Waals surface area (Å²) in [5, 5.41) is 21.6. The van der Waals surface area contributed by atoms with E-state index in [2.05, 4.69) is 5.32 Å². The van der Waals surface area contributed by atoms with Crippen LogP contribution < -0.4 is 5.32 Å². The number of nitrogens with one attached hydrogen (secondary N) is 1. The Kier molecular flexibility index (Phi) is 3.79. The molecule has 0 amide bonds. The van der Waals surface area contributed by atoms with Gasteiger partial charge in [0.05, 0.1) is 0 Å². The van der Waals surface area contributed by atoms with E-state index in [1.54, 1.807) is 13.8 Å². The first-order chi connectivity index (χ1) is 9.38. The first kappa shape index (κ1) is 14.1. The van der Waals surface area contributed by atoms with Crippen molar-refractivity contribution in [2.24, 2.45) is 0 Å². The molecule has 1 atom stereocenters. The van der Waals surface area contributed by atoms with Crippen molar-refractivity contribution in [1.82, 2.24) is 0 Å². The van der Waals surface area contributed by atoms with Gasteiger partial charge in [-0.3, -0.25) is 0 Å². The zero-order valence-electron chi connectivity index (χ0n) is 11.1. The summed E-state index contributed by atoms with van der Waals surface area (Å²) in [7, 11) is 0. The lowest BCUT2D eigenvalue weighted by Gasteiger charge is -2.18. The van der Waals surface area contributed by atoms with Gasteiger partial charge in [0, 0.05) is 12.1 Å². The first-order valence-electron chi connectivity index (χ1n) is 6.12. The van der Waals surface area contributed by atoms with Gasteiger partial charge in [0.25, 0.3) is 0 Å². The maximum atomic E-state index is 13.9. The second-order valence-corrected chi connectivity index (χ2v) is 4.70. The van der Waals surface area contributed by atoms with Crippen LogP contribution in [0.15, 0.2) is 30.3 Å². The number of halogens is 2. The normalized spacial score (nSPS) is 12.2. The fraction of sp³-hybridized carbons (Fsp3) is 0.200. The molecule has 0 saturated heterocycles. The van der Waals surface area contributed by atoms with Crippen molar-refractivity contribution < 1.29 is 19.0 Å². The lowest BCUT2D eigenvalue weighted by molar-refractivity contribution is 0.448. The van der Waals surface area contributed by atoms with Gasteiger partial charge in [-0.1, -0.05) is 6.07 Å². The first-order valence-corrected chi connectivity index (χ1v) is 6.12. The molecule has 5 heteroatoms. The molecule has 0 saturated carbocycles. The molecule has 0 heterocycles. The molecule has 0 radical (unpaired) electrons. The minimum atomic E-state index is -0.690. The summed E-state index contributed by atoms with van der Waals surface area (Å²) in [5.41, 5.74) is 0.628. The van der Waals surface area contributed by atoms with Crippen LogP contribution in [-0.2, 0) is 0 Å². The van der Waals surface area contributed by atoms with E-state index in [9.17, 15) is 19.0 Å². The van der Waals surface area contributed by atoms with Crippen molar-refractivity contribution in [3.8, 4) is 11.5 Å². The average molecular weight is 279 g/mol. The molecule has 106 valence electrons. The Labute approximate surface area is 115 Å². The number of hydrogen-bond donors (Lipinski definition) is 3. The third-order valence-electron chi connectivity index (χ3n) is 3.07. The largest absolute Gasteiger partial charge is 0.508 e. The van der Waals surface area contributed by atoms with Crippen LogP contribution in [0.4, 0.5) is 14.5 Å². The molecule has 20 heavy (non-hydrogen) atoms. The number of phenols is 2. The second-order valence-electron chi connectivity index (χ2n) is 4.70. The van der Waals surface area contributed by atoms with Crippen molar-refractivity contribution >= 4 is 5.69 Å². The Morgan fingerprint density at radius 2 is 1.65 bits per heavy atom. The SMILES string of the molecule is Cc1ccc(F)c(NC(C)c2cc(O)cc(O)c2)c1F. The molecule has 3 N–H and O–H groups in total. The summed E-state index contributed by atoms with van der Waals surface area (Å²) in [6.07, 6.45) is 0. The van der Waals surface area contributed by atoms with E-state index in [1.807, 2.05) is 0 Å². The molecule has 0 aromatic heterocycles. The summed E-state index contributed by atoms with van der Waals surface area (Å²) in [6.45, 7) is 3.22. The quantitative estimate of drug-likeness (QED) is 0.799. The Morgan fingerprint density at radius 3 is 2.25 bits per heavy atom. The molecule has 1 unspecified atom stereocenters. The lowest BCUT2D eigenvalue weighted by Crippen LogP contribution is -2.10. The topological polar surface area (TPSA) is 52.5 Å². The van der Waals surface area contributed by atoms with Gasteiger partial charge in [-0.15, -0.1) is 0 Å². The highest BCUT2D eigenvalue weighted by Gasteiger charge is 2.15. The van der Waals surface area contributed by atoms with E-state index < -0.39 is 17.7 Å². The molecule has 0 aliphatic heterocycles. The van der Waals surface area contributed by atoms with Crippen molar-refractivity contribution in [1.29, 1.82) is 0 Å². The van der Waals surface area contributed by atoms with E-state index in [1.165, 1.54) is 30.3 Å². The number of phenolic OH excluding ortho intramolecular Hbond substituents is 2. The van der Waals surface area contributed by atoms with Crippen LogP contribution in [-0.4, -0.2) is 10.2 Å². The van der Waals surface area contributed by atoms with Crippen molar-refractivity contribution in [3.63, 3.8) is 0 Å². The van der Waals surface area contributed by atoms with Crippen LogP contribution in [0.1, 0.15) is 24.1 Å². The van der Waals surface area contributed by atoms with Crippen LogP contribution in [0.3, 0.4) is 0 Å². The molecule has 0 aliphatic rings. The van der Waals surface area contributed by atoms with Gasteiger partial charge in [-0.2, -0.15) is 0 Å². The Balaban J connectivity index is 2.32. The minimum absolute atomic E-state index is 0.112. The van der Waals surface area contributed by atoms with Gasteiger partial charge < -0.3 is 15.5 Å². The van der Waals surface area contributed by atoms with Crippen LogP contribution in [0.2, 0.25) is 0 Å². The van der Waals surface area contributed by atoms with Crippen LogP contribution >= 0.6 is 0 Å². The highest BCUT2D eigenvalue weighted by molar-refractivity contribution is 5.51. The number of hydrogen-bond acceptors (Lipinski definition) is 3. The van der Waals surface area contributed by atoms with Crippen molar-refractivity contribution in [2.75, 3.05) is 5.32 Å². The maximum absolute atomic E-state index is 13.9. The number of benzene rings is 2. The predicted molar refractivity (Wildman–Crippen MR) is 72.9 cm³/mol. The molecule has 2 aromatic carbocycles. The summed E-state index contributed by atoms with van der Waals surface area (Å²) in [6, 6.07) is 6.09. The molecule has 0 fully saturated rings. The Morgan fingerprint density at radius 1 is 1.05 bits per heavy atom. The fourth-order valence-corrected chi connectivity index (χ4v) is 1.96. The van der Waals surface area contributed by atoms with Gasteiger partial charge in [0.1, 0.15) is 23.0 Å². The Bertz CT molecular complexity index is 624. The van der Waals surface area contributed by atoms with Crippen LogP contribution in [0.5, 0.6) is 11.5 Å². The summed E-state index contributed by atoms with van der Waals surface area (Å²) >= 11 is 0. The standard InChI is InChI=1S/C15H15F2NO2/c1-8-3-4-13(16)15(14(8)17)18-9(2)10-5-11(19)7-12(20)6-10/h3-7,9,18-20H,1-2H3. The van der Waals surface area contributed by atoms with E-state index >= 15 is 0 Å². The third kappa shape index (κ3) is 2.82. The van der Waals surface area contributed by atoms with E-state index in [0.717, 1.165) is 0 Å². The lowest BCUT2D eigenvalue weighted by atomic mass is 10.1. The molecular weight excluding hydrogens is 264 g/mol. The summed E-state index contributed by atoms with van der Waals surface area (Å²) in [4.78, 5) is 0.